The standard InChI is InChI=1S/C9H10BrNO2/c10-5-11-8(12)6-3-1-2-4-7(6)9(11)13/h1-2,12-13H,3-5H2. The van der Waals surface area contributed by atoms with Crippen molar-refractivity contribution >= 4 is 15.9 Å². The fraction of sp³-hybridized carbons (Fsp3) is 0.333. The van der Waals surface area contributed by atoms with E-state index in [1.165, 1.54) is 4.57 Å². The molecule has 0 bridgehead atoms. The molecule has 0 aromatic carbocycles. The Bertz CT molecular complexity index is 337. The van der Waals surface area contributed by atoms with Crippen LogP contribution < -0.4 is 0 Å². The van der Waals surface area contributed by atoms with E-state index in [2.05, 4.69) is 15.9 Å². The highest BCUT2D eigenvalue weighted by Crippen LogP contribution is 2.36. The molecule has 1 aromatic heterocycles. The average Bonchev–Trinajstić information content (AvgIpc) is 2.41. The first-order valence-corrected chi connectivity index (χ1v) is 5.21. The van der Waals surface area contributed by atoms with E-state index in [1.54, 1.807) is 0 Å². The third-order valence-corrected chi connectivity index (χ3v) is 2.85. The summed E-state index contributed by atoms with van der Waals surface area (Å²) in [6, 6.07) is 0. The topological polar surface area (TPSA) is 45.4 Å². The van der Waals surface area contributed by atoms with Gasteiger partial charge in [0.05, 0.1) is 5.45 Å². The highest BCUT2D eigenvalue weighted by atomic mass is 79.9. The molecule has 4 heteroatoms. The van der Waals surface area contributed by atoms with Crippen molar-refractivity contribution in [3.8, 4) is 11.8 Å². The third kappa shape index (κ3) is 1.16. The van der Waals surface area contributed by atoms with E-state index < -0.39 is 0 Å². The van der Waals surface area contributed by atoms with Crippen LogP contribution in [0.1, 0.15) is 11.1 Å². The Balaban J connectivity index is 2.59. The minimum Gasteiger partial charge on any atom is -0.494 e. The lowest BCUT2D eigenvalue weighted by Crippen LogP contribution is -1.92. The molecule has 0 fully saturated rings. The number of aromatic hydroxyl groups is 2. The number of allylic oxidation sites excluding steroid dienone is 2. The molecule has 70 valence electrons. The van der Waals surface area contributed by atoms with E-state index in [-0.39, 0.29) is 11.8 Å². The molecule has 2 N–H and O–H groups in total. The van der Waals surface area contributed by atoms with Gasteiger partial charge in [-0.25, -0.2) is 0 Å². The van der Waals surface area contributed by atoms with E-state index >= 15 is 0 Å². The van der Waals surface area contributed by atoms with Gasteiger partial charge >= 0.3 is 0 Å². The summed E-state index contributed by atoms with van der Waals surface area (Å²) in [6.07, 6.45) is 5.41. The predicted molar refractivity (Wildman–Crippen MR) is 53.2 cm³/mol. The zero-order valence-electron chi connectivity index (χ0n) is 7.00. The number of alkyl halides is 1. The molecule has 1 heterocycles. The Kier molecular flexibility index (Phi) is 2.07. The van der Waals surface area contributed by atoms with Gasteiger partial charge in [0, 0.05) is 11.1 Å². The van der Waals surface area contributed by atoms with Crippen molar-refractivity contribution in [2.24, 2.45) is 0 Å². The van der Waals surface area contributed by atoms with Crippen molar-refractivity contribution in [3.63, 3.8) is 0 Å². The molecule has 0 aliphatic heterocycles. The number of halogens is 1. The lowest BCUT2D eigenvalue weighted by molar-refractivity contribution is 0.383. The van der Waals surface area contributed by atoms with E-state index in [0.717, 1.165) is 11.1 Å². The van der Waals surface area contributed by atoms with Gasteiger partial charge in [-0.15, -0.1) is 0 Å². The van der Waals surface area contributed by atoms with E-state index in [9.17, 15) is 10.2 Å². The van der Waals surface area contributed by atoms with Crippen LogP contribution in [0.15, 0.2) is 12.2 Å². The van der Waals surface area contributed by atoms with Gasteiger partial charge in [-0.1, -0.05) is 28.1 Å². The summed E-state index contributed by atoms with van der Waals surface area (Å²) in [6.45, 7) is 0. The molecule has 0 saturated carbocycles. The molecule has 1 aliphatic rings. The zero-order chi connectivity index (χ0) is 9.42. The Morgan fingerprint density at radius 2 is 1.62 bits per heavy atom. The maximum Gasteiger partial charge on any atom is 0.198 e. The number of rotatable bonds is 1. The van der Waals surface area contributed by atoms with Crippen LogP contribution in [0.5, 0.6) is 11.8 Å². The van der Waals surface area contributed by atoms with Crippen molar-refractivity contribution in [2.75, 3.05) is 0 Å². The summed E-state index contributed by atoms with van der Waals surface area (Å²) < 4.78 is 1.46. The van der Waals surface area contributed by atoms with Crippen LogP contribution in [0, 0.1) is 0 Å². The lowest BCUT2D eigenvalue weighted by atomic mass is 10.0. The average molecular weight is 244 g/mol. The second-order valence-electron chi connectivity index (χ2n) is 3.03. The summed E-state index contributed by atoms with van der Waals surface area (Å²) >= 11 is 3.21. The van der Waals surface area contributed by atoms with Crippen LogP contribution in [0.4, 0.5) is 0 Å². The number of hydrogen-bond donors (Lipinski definition) is 2. The fourth-order valence-electron chi connectivity index (χ4n) is 1.64. The Hall–Kier alpha value is -0.900. The van der Waals surface area contributed by atoms with Gasteiger partial charge in [0.15, 0.2) is 11.8 Å². The maximum atomic E-state index is 9.69. The van der Waals surface area contributed by atoms with E-state index in [4.69, 9.17) is 0 Å². The van der Waals surface area contributed by atoms with Crippen LogP contribution >= 0.6 is 15.9 Å². The fourth-order valence-corrected chi connectivity index (χ4v) is 2.12. The highest BCUT2D eigenvalue weighted by molar-refractivity contribution is 9.08. The SMILES string of the molecule is Oc1c2c(c(O)n1CBr)CC=CC2. The minimum atomic E-state index is 0.175. The van der Waals surface area contributed by atoms with Gasteiger partial charge < -0.3 is 10.2 Å². The molecule has 0 radical (unpaired) electrons. The predicted octanol–water partition coefficient (Wildman–Crippen LogP) is 1.91. The summed E-state index contributed by atoms with van der Waals surface area (Å²) in [5.74, 6) is 0.349. The molecular weight excluding hydrogens is 234 g/mol. The quantitative estimate of drug-likeness (QED) is 0.585. The van der Waals surface area contributed by atoms with Crippen molar-refractivity contribution < 1.29 is 10.2 Å². The second-order valence-corrected chi connectivity index (χ2v) is 3.53. The summed E-state index contributed by atoms with van der Waals surface area (Å²) in [5, 5.41) is 19.4. The number of fused-ring (bicyclic) bond motifs is 1. The zero-order valence-corrected chi connectivity index (χ0v) is 8.58. The van der Waals surface area contributed by atoms with Crippen LogP contribution in [0.3, 0.4) is 0 Å². The highest BCUT2D eigenvalue weighted by Gasteiger charge is 2.21. The maximum absolute atomic E-state index is 9.69. The normalized spacial score (nSPS) is 14.5. The smallest absolute Gasteiger partial charge is 0.198 e. The largest absolute Gasteiger partial charge is 0.494 e. The molecule has 2 rings (SSSR count). The first-order valence-electron chi connectivity index (χ1n) is 4.08. The van der Waals surface area contributed by atoms with Crippen LogP contribution in [-0.2, 0) is 18.3 Å². The lowest BCUT2D eigenvalue weighted by Gasteiger charge is -2.03. The van der Waals surface area contributed by atoms with Crippen molar-refractivity contribution in [2.45, 2.75) is 18.3 Å². The molecule has 0 amide bonds. The Morgan fingerprint density at radius 1 is 1.15 bits per heavy atom. The van der Waals surface area contributed by atoms with Gasteiger partial charge in [-0.3, -0.25) is 4.57 Å². The molecule has 0 unspecified atom stereocenters. The van der Waals surface area contributed by atoms with E-state index in [1.807, 2.05) is 12.2 Å². The van der Waals surface area contributed by atoms with Crippen molar-refractivity contribution in [3.05, 3.63) is 23.3 Å². The molecular formula is C9H10BrNO2. The summed E-state index contributed by atoms with van der Waals surface area (Å²) in [7, 11) is 0. The molecule has 0 saturated heterocycles. The molecule has 0 spiro atoms. The third-order valence-electron chi connectivity index (χ3n) is 2.35. The van der Waals surface area contributed by atoms with Crippen molar-refractivity contribution in [1.82, 2.24) is 4.57 Å². The Morgan fingerprint density at radius 3 is 2.00 bits per heavy atom. The van der Waals surface area contributed by atoms with Gasteiger partial charge in [-0.05, 0) is 12.8 Å². The van der Waals surface area contributed by atoms with Gasteiger partial charge in [-0.2, -0.15) is 0 Å². The van der Waals surface area contributed by atoms with Gasteiger partial charge in [0.2, 0.25) is 0 Å². The number of nitrogens with zero attached hydrogens (tertiary/aromatic N) is 1. The van der Waals surface area contributed by atoms with Gasteiger partial charge in [0.25, 0.3) is 0 Å². The first kappa shape index (κ1) is 8.69. The van der Waals surface area contributed by atoms with Crippen LogP contribution in [-0.4, -0.2) is 14.8 Å². The summed E-state index contributed by atoms with van der Waals surface area (Å²) in [4.78, 5) is 0. The van der Waals surface area contributed by atoms with Crippen LogP contribution in [0.25, 0.3) is 0 Å². The number of aromatic nitrogens is 1. The number of hydrogen-bond acceptors (Lipinski definition) is 2. The Labute approximate surface area is 84.4 Å². The minimum absolute atomic E-state index is 0.175. The molecule has 1 aliphatic carbocycles. The molecule has 0 atom stereocenters. The molecule has 13 heavy (non-hydrogen) atoms. The van der Waals surface area contributed by atoms with Crippen LogP contribution in [0.2, 0.25) is 0 Å². The summed E-state index contributed by atoms with van der Waals surface area (Å²) in [5.41, 5.74) is 2.11. The monoisotopic (exact) mass is 243 g/mol. The molecule has 3 nitrogen and oxygen atoms in total. The first-order chi connectivity index (χ1) is 6.25. The second kappa shape index (κ2) is 3.10. The molecule has 1 aromatic rings. The van der Waals surface area contributed by atoms with Gasteiger partial charge in [0.1, 0.15) is 0 Å². The van der Waals surface area contributed by atoms with E-state index in [0.29, 0.717) is 18.3 Å². The van der Waals surface area contributed by atoms with Crippen molar-refractivity contribution in [1.29, 1.82) is 0 Å².